The molecule has 2 aromatic carbocycles. The van der Waals surface area contributed by atoms with Gasteiger partial charge in [0.25, 0.3) is 5.91 Å². The molecule has 1 unspecified atom stereocenters. The summed E-state index contributed by atoms with van der Waals surface area (Å²) < 4.78 is 0. The lowest BCUT2D eigenvalue weighted by molar-refractivity contribution is 0.0984. The van der Waals surface area contributed by atoms with Gasteiger partial charge in [0, 0.05) is 17.8 Å². The molecule has 0 spiro atoms. The normalized spacial score (nSPS) is 17.5. The first-order valence-electron chi connectivity index (χ1n) is 7.56. The van der Waals surface area contributed by atoms with Crippen LogP contribution in [0.1, 0.15) is 46.3 Å². The fourth-order valence-corrected chi connectivity index (χ4v) is 2.99. The second-order valence-electron chi connectivity index (χ2n) is 6.00. The van der Waals surface area contributed by atoms with Crippen molar-refractivity contribution < 1.29 is 4.79 Å². The molecule has 21 heavy (non-hydrogen) atoms. The van der Waals surface area contributed by atoms with Crippen LogP contribution >= 0.6 is 0 Å². The molecule has 0 saturated heterocycles. The average Bonchev–Trinajstić information content (AvgIpc) is 2.50. The van der Waals surface area contributed by atoms with Crippen LogP contribution in [0.5, 0.6) is 0 Å². The summed E-state index contributed by atoms with van der Waals surface area (Å²) in [6, 6.07) is 14.2. The zero-order chi connectivity index (χ0) is 15.0. The average molecular weight is 279 g/mol. The number of rotatable bonds is 1. The van der Waals surface area contributed by atoms with Gasteiger partial charge < -0.3 is 4.90 Å². The van der Waals surface area contributed by atoms with E-state index in [0.29, 0.717) is 5.92 Å². The minimum atomic E-state index is 0.109. The van der Waals surface area contributed by atoms with Crippen molar-refractivity contribution in [3.05, 3.63) is 64.7 Å². The standard InChI is InChI=1S/C19H21NO/c1-13-8-9-16(12-15(13)3)19(21)20-11-10-14(2)17-6-4-5-7-18(17)20/h4-9,12,14H,10-11H2,1-3H3. The van der Waals surface area contributed by atoms with Gasteiger partial charge in [-0.25, -0.2) is 0 Å². The predicted octanol–water partition coefficient (Wildman–Crippen LogP) is 4.46. The van der Waals surface area contributed by atoms with E-state index in [-0.39, 0.29) is 5.91 Å². The third-order valence-corrected chi connectivity index (χ3v) is 4.54. The number of amides is 1. The first kappa shape index (κ1) is 13.9. The van der Waals surface area contributed by atoms with Crippen LogP contribution in [-0.2, 0) is 0 Å². The molecule has 0 fully saturated rings. The van der Waals surface area contributed by atoms with Gasteiger partial charge in [0.1, 0.15) is 0 Å². The van der Waals surface area contributed by atoms with Gasteiger partial charge in [-0.2, -0.15) is 0 Å². The summed E-state index contributed by atoms with van der Waals surface area (Å²) >= 11 is 0. The second kappa shape index (κ2) is 5.36. The van der Waals surface area contributed by atoms with Crippen molar-refractivity contribution in [2.45, 2.75) is 33.1 Å². The molecule has 2 nitrogen and oxygen atoms in total. The van der Waals surface area contributed by atoms with Crippen LogP contribution in [0.3, 0.4) is 0 Å². The van der Waals surface area contributed by atoms with E-state index in [0.717, 1.165) is 24.2 Å². The highest BCUT2D eigenvalue weighted by Crippen LogP contribution is 2.35. The van der Waals surface area contributed by atoms with Gasteiger partial charge in [0.2, 0.25) is 0 Å². The highest BCUT2D eigenvalue weighted by atomic mass is 16.2. The maximum Gasteiger partial charge on any atom is 0.258 e. The first-order chi connectivity index (χ1) is 10.1. The van der Waals surface area contributed by atoms with Gasteiger partial charge in [0.15, 0.2) is 0 Å². The third kappa shape index (κ3) is 2.46. The van der Waals surface area contributed by atoms with Crippen molar-refractivity contribution in [1.29, 1.82) is 0 Å². The minimum Gasteiger partial charge on any atom is -0.308 e. The van der Waals surface area contributed by atoms with Gasteiger partial charge >= 0.3 is 0 Å². The number of hydrogen-bond acceptors (Lipinski definition) is 1. The lowest BCUT2D eigenvalue weighted by Crippen LogP contribution is -2.36. The number of aryl methyl sites for hydroxylation is 2. The number of anilines is 1. The molecule has 0 bridgehead atoms. The van der Waals surface area contributed by atoms with E-state index in [1.807, 2.05) is 29.2 Å². The van der Waals surface area contributed by atoms with E-state index < -0.39 is 0 Å². The van der Waals surface area contributed by atoms with Crippen molar-refractivity contribution in [1.82, 2.24) is 0 Å². The Labute approximate surface area is 126 Å². The molecule has 1 aliphatic heterocycles. The van der Waals surface area contributed by atoms with E-state index in [1.54, 1.807) is 0 Å². The molecular formula is C19H21NO. The van der Waals surface area contributed by atoms with Crippen LogP contribution in [0.15, 0.2) is 42.5 Å². The third-order valence-electron chi connectivity index (χ3n) is 4.54. The topological polar surface area (TPSA) is 20.3 Å². The van der Waals surface area contributed by atoms with Crippen molar-refractivity contribution >= 4 is 11.6 Å². The highest BCUT2D eigenvalue weighted by Gasteiger charge is 2.26. The molecule has 1 heterocycles. The summed E-state index contributed by atoms with van der Waals surface area (Å²) in [6.45, 7) is 7.15. The van der Waals surface area contributed by atoms with E-state index in [1.165, 1.54) is 16.7 Å². The molecule has 0 N–H and O–H groups in total. The number of fused-ring (bicyclic) bond motifs is 1. The minimum absolute atomic E-state index is 0.109. The highest BCUT2D eigenvalue weighted by molar-refractivity contribution is 6.07. The number of carbonyl (C=O) groups excluding carboxylic acids is 1. The van der Waals surface area contributed by atoms with Crippen molar-refractivity contribution in [3.63, 3.8) is 0 Å². The van der Waals surface area contributed by atoms with Crippen molar-refractivity contribution in [2.75, 3.05) is 11.4 Å². The van der Waals surface area contributed by atoms with Gasteiger partial charge in [-0.1, -0.05) is 31.2 Å². The van der Waals surface area contributed by atoms with Crippen LogP contribution in [0.2, 0.25) is 0 Å². The maximum absolute atomic E-state index is 12.9. The van der Waals surface area contributed by atoms with E-state index >= 15 is 0 Å². The van der Waals surface area contributed by atoms with Crippen molar-refractivity contribution in [2.24, 2.45) is 0 Å². The summed E-state index contributed by atoms with van der Waals surface area (Å²) in [5, 5.41) is 0. The number of benzene rings is 2. The van der Waals surface area contributed by atoms with Crippen LogP contribution in [0.25, 0.3) is 0 Å². The van der Waals surface area contributed by atoms with Gasteiger partial charge in [-0.05, 0) is 61.1 Å². The molecule has 1 aliphatic rings. The van der Waals surface area contributed by atoms with Gasteiger partial charge in [0.05, 0.1) is 0 Å². The molecule has 2 heteroatoms. The molecule has 0 aliphatic carbocycles. The second-order valence-corrected chi connectivity index (χ2v) is 6.00. The molecule has 3 rings (SSSR count). The fourth-order valence-electron chi connectivity index (χ4n) is 2.99. The zero-order valence-corrected chi connectivity index (χ0v) is 12.9. The van der Waals surface area contributed by atoms with Crippen LogP contribution in [-0.4, -0.2) is 12.5 Å². The van der Waals surface area contributed by atoms with Gasteiger partial charge in [-0.3, -0.25) is 4.79 Å². The number of para-hydroxylation sites is 1. The summed E-state index contributed by atoms with van der Waals surface area (Å²) in [5.74, 6) is 0.627. The molecule has 108 valence electrons. The summed E-state index contributed by atoms with van der Waals surface area (Å²) in [7, 11) is 0. The van der Waals surface area contributed by atoms with Gasteiger partial charge in [-0.15, -0.1) is 0 Å². The zero-order valence-electron chi connectivity index (χ0n) is 12.9. The van der Waals surface area contributed by atoms with E-state index in [2.05, 4.69) is 39.0 Å². The monoisotopic (exact) mass is 279 g/mol. The largest absolute Gasteiger partial charge is 0.308 e. The summed E-state index contributed by atoms with van der Waals surface area (Å²) in [4.78, 5) is 14.8. The maximum atomic E-state index is 12.9. The van der Waals surface area contributed by atoms with Crippen LogP contribution < -0.4 is 4.90 Å². The Kier molecular flexibility index (Phi) is 3.54. The van der Waals surface area contributed by atoms with Crippen LogP contribution in [0, 0.1) is 13.8 Å². The molecule has 0 aromatic heterocycles. The Morgan fingerprint density at radius 2 is 1.86 bits per heavy atom. The molecular weight excluding hydrogens is 258 g/mol. The number of nitrogens with zero attached hydrogens (tertiary/aromatic N) is 1. The lowest BCUT2D eigenvalue weighted by Gasteiger charge is -2.33. The Morgan fingerprint density at radius 3 is 2.62 bits per heavy atom. The molecule has 1 atom stereocenters. The summed E-state index contributed by atoms with van der Waals surface area (Å²) in [5.41, 5.74) is 5.52. The Balaban J connectivity index is 1.99. The number of hydrogen-bond donors (Lipinski definition) is 0. The Bertz CT molecular complexity index is 690. The Morgan fingerprint density at radius 1 is 1.10 bits per heavy atom. The number of carbonyl (C=O) groups is 1. The van der Waals surface area contributed by atoms with E-state index in [4.69, 9.17) is 0 Å². The Hall–Kier alpha value is -2.09. The first-order valence-corrected chi connectivity index (χ1v) is 7.56. The fraction of sp³-hybridized carbons (Fsp3) is 0.316. The predicted molar refractivity (Wildman–Crippen MR) is 87.1 cm³/mol. The molecule has 0 saturated carbocycles. The summed E-state index contributed by atoms with van der Waals surface area (Å²) in [6.07, 6.45) is 1.02. The van der Waals surface area contributed by atoms with Crippen molar-refractivity contribution in [3.8, 4) is 0 Å². The van der Waals surface area contributed by atoms with E-state index in [9.17, 15) is 4.79 Å². The molecule has 0 radical (unpaired) electrons. The smallest absolute Gasteiger partial charge is 0.258 e. The van der Waals surface area contributed by atoms with Crippen LogP contribution in [0.4, 0.5) is 5.69 Å². The quantitative estimate of drug-likeness (QED) is 0.755. The SMILES string of the molecule is Cc1ccc(C(=O)N2CCC(C)c3ccccc32)cc1C. The molecule has 2 aromatic rings. The molecule has 1 amide bonds. The lowest BCUT2D eigenvalue weighted by atomic mass is 9.91.